The summed E-state index contributed by atoms with van der Waals surface area (Å²) in [6.07, 6.45) is 2.02. The van der Waals surface area contributed by atoms with E-state index in [1.165, 1.54) is 5.56 Å². The summed E-state index contributed by atoms with van der Waals surface area (Å²) in [4.78, 5) is 0. The molecule has 0 saturated carbocycles. The zero-order valence-corrected chi connectivity index (χ0v) is 16.2. The van der Waals surface area contributed by atoms with Gasteiger partial charge in [-0.3, -0.25) is 0 Å². The van der Waals surface area contributed by atoms with E-state index in [2.05, 4.69) is 6.07 Å². The summed E-state index contributed by atoms with van der Waals surface area (Å²) in [6.45, 7) is 4.32. The second kappa shape index (κ2) is 7.09. The highest BCUT2D eigenvalue weighted by molar-refractivity contribution is 5.69. The van der Waals surface area contributed by atoms with Gasteiger partial charge < -0.3 is 28.4 Å². The normalized spacial score (nSPS) is 18.6. The van der Waals surface area contributed by atoms with Crippen LogP contribution in [0.2, 0.25) is 0 Å². The van der Waals surface area contributed by atoms with Gasteiger partial charge in [0.2, 0.25) is 12.0 Å². The van der Waals surface area contributed by atoms with Crippen molar-refractivity contribution in [2.24, 2.45) is 0 Å². The fraction of sp³-hybridized carbons (Fsp3) is 0.455. The van der Waals surface area contributed by atoms with Gasteiger partial charge in [-0.25, -0.2) is 0 Å². The van der Waals surface area contributed by atoms with E-state index >= 15 is 0 Å². The first-order valence-corrected chi connectivity index (χ1v) is 9.83. The van der Waals surface area contributed by atoms with Gasteiger partial charge in [0.25, 0.3) is 0 Å². The molecule has 2 aromatic carbocycles. The van der Waals surface area contributed by atoms with E-state index in [4.69, 9.17) is 28.4 Å². The van der Waals surface area contributed by atoms with Gasteiger partial charge in [-0.2, -0.15) is 0 Å². The lowest BCUT2D eigenvalue weighted by Gasteiger charge is -2.19. The molecule has 0 saturated heterocycles. The van der Waals surface area contributed by atoms with E-state index in [-0.39, 0.29) is 6.29 Å². The highest BCUT2D eigenvalue weighted by atomic mass is 16.7. The minimum Gasteiger partial charge on any atom is -0.493 e. The van der Waals surface area contributed by atoms with Crippen molar-refractivity contribution in [3.8, 4) is 28.7 Å². The molecule has 6 nitrogen and oxygen atoms in total. The Kier molecular flexibility index (Phi) is 4.43. The van der Waals surface area contributed by atoms with Crippen LogP contribution >= 0.6 is 0 Å². The summed E-state index contributed by atoms with van der Waals surface area (Å²) in [5, 5.41) is 0. The van der Waals surface area contributed by atoms with Gasteiger partial charge in [-0.1, -0.05) is 12.1 Å². The van der Waals surface area contributed by atoms with Gasteiger partial charge in [0.05, 0.1) is 19.8 Å². The quantitative estimate of drug-likeness (QED) is 0.761. The molecule has 6 heteroatoms. The van der Waals surface area contributed by atoms with E-state index in [1.807, 2.05) is 19.1 Å². The van der Waals surface area contributed by atoms with Crippen LogP contribution in [0.1, 0.15) is 29.2 Å². The molecular weight excluding hydrogens is 360 g/mol. The standard InChI is InChI=1S/C22H24O6/c1-3-24-20-15-8-10-26-19(15)16-11-18(23-2)28-21(16)22(20)27-12-13-5-4-6-17-14(13)7-9-25-17/h4-6,18H,3,7-12H2,1-2H3. The molecule has 0 bridgehead atoms. The first-order valence-electron chi connectivity index (χ1n) is 9.83. The highest BCUT2D eigenvalue weighted by Crippen LogP contribution is 2.54. The molecule has 5 rings (SSSR count). The lowest BCUT2D eigenvalue weighted by Crippen LogP contribution is -2.14. The van der Waals surface area contributed by atoms with E-state index in [0.717, 1.165) is 53.4 Å². The van der Waals surface area contributed by atoms with Crippen molar-refractivity contribution in [1.29, 1.82) is 0 Å². The average molecular weight is 384 g/mol. The Labute approximate surface area is 164 Å². The van der Waals surface area contributed by atoms with Gasteiger partial charge in [0.1, 0.15) is 18.1 Å². The SMILES string of the molecule is CCOc1c2c(c3c(c1OCc1cccc4c1CCO4)OC(OC)C3)OCC2. The Morgan fingerprint density at radius 3 is 2.68 bits per heavy atom. The van der Waals surface area contributed by atoms with Crippen LogP contribution in [0.5, 0.6) is 28.7 Å². The summed E-state index contributed by atoms with van der Waals surface area (Å²) < 4.78 is 35.4. The number of benzene rings is 2. The molecule has 0 aliphatic carbocycles. The number of ether oxygens (including phenoxy) is 6. The van der Waals surface area contributed by atoms with Crippen molar-refractivity contribution in [2.45, 2.75) is 39.1 Å². The van der Waals surface area contributed by atoms with Crippen LogP contribution in [-0.4, -0.2) is 33.2 Å². The van der Waals surface area contributed by atoms with Crippen molar-refractivity contribution in [3.63, 3.8) is 0 Å². The molecule has 148 valence electrons. The van der Waals surface area contributed by atoms with Crippen LogP contribution in [0.4, 0.5) is 0 Å². The van der Waals surface area contributed by atoms with E-state index in [0.29, 0.717) is 37.7 Å². The van der Waals surface area contributed by atoms with Crippen LogP contribution < -0.4 is 23.7 Å². The van der Waals surface area contributed by atoms with Crippen molar-refractivity contribution >= 4 is 0 Å². The third-order valence-corrected chi connectivity index (χ3v) is 5.49. The monoisotopic (exact) mass is 384 g/mol. The summed E-state index contributed by atoms with van der Waals surface area (Å²) in [5.41, 5.74) is 4.43. The average Bonchev–Trinajstić information content (AvgIpc) is 3.45. The molecule has 0 spiro atoms. The third-order valence-electron chi connectivity index (χ3n) is 5.49. The zero-order valence-electron chi connectivity index (χ0n) is 16.2. The summed E-state index contributed by atoms with van der Waals surface area (Å²) >= 11 is 0. The molecule has 0 aromatic heterocycles. The number of fused-ring (bicyclic) bond motifs is 4. The van der Waals surface area contributed by atoms with Gasteiger partial charge in [-0.05, 0) is 18.6 Å². The van der Waals surface area contributed by atoms with E-state index < -0.39 is 0 Å². The summed E-state index contributed by atoms with van der Waals surface area (Å²) in [7, 11) is 1.65. The predicted octanol–water partition coefficient (Wildman–Crippen LogP) is 3.44. The number of hydrogen-bond acceptors (Lipinski definition) is 6. The largest absolute Gasteiger partial charge is 0.493 e. The molecule has 3 aliphatic rings. The maximum absolute atomic E-state index is 6.35. The van der Waals surface area contributed by atoms with Gasteiger partial charge in [0, 0.05) is 43.1 Å². The molecule has 0 fully saturated rings. The lowest BCUT2D eigenvalue weighted by molar-refractivity contribution is -0.0381. The van der Waals surface area contributed by atoms with E-state index in [1.54, 1.807) is 7.11 Å². The Bertz CT molecular complexity index is 907. The second-order valence-corrected chi connectivity index (χ2v) is 7.07. The maximum atomic E-state index is 6.35. The van der Waals surface area contributed by atoms with Gasteiger partial charge in [0.15, 0.2) is 11.5 Å². The fourth-order valence-electron chi connectivity index (χ4n) is 4.21. The van der Waals surface area contributed by atoms with E-state index in [9.17, 15) is 0 Å². The molecule has 28 heavy (non-hydrogen) atoms. The molecule has 2 aromatic rings. The maximum Gasteiger partial charge on any atom is 0.204 e. The molecule has 1 atom stereocenters. The summed E-state index contributed by atoms with van der Waals surface area (Å²) in [5.74, 6) is 3.89. The molecule has 0 radical (unpaired) electrons. The number of hydrogen-bond donors (Lipinski definition) is 0. The van der Waals surface area contributed by atoms with Crippen molar-refractivity contribution in [3.05, 3.63) is 40.5 Å². The minimum absolute atomic E-state index is 0.336. The van der Waals surface area contributed by atoms with Crippen LogP contribution in [-0.2, 0) is 30.6 Å². The zero-order chi connectivity index (χ0) is 19.1. The Hall–Kier alpha value is -2.60. The Balaban J connectivity index is 1.54. The first kappa shape index (κ1) is 17.5. The molecule has 0 amide bonds. The third kappa shape index (κ3) is 2.75. The van der Waals surface area contributed by atoms with Crippen molar-refractivity contribution < 1.29 is 28.4 Å². The molecule has 3 aliphatic heterocycles. The van der Waals surface area contributed by atoms with Crippen molar-refractivity contribution in [2.75, 3.05) is 26.9 Å². The second-order valence-electron chi connectivity index (χ2n) is 7.07. The van der Waals surface area contributed by atoms with Gasteiger partial charge >= 0.3 is 0 Å². The van der Waals surface area contributed by atoms with Crippen molar-refractivity contribution in [1.82, 2.24) is 0 Å². The number of rotatable bonds is 6. The molecule has 1 unspecified atom stereocenters. The van der Waals surface area contributed by atoms with Gasteiger partial charge in [-0.15, -0.1) is 0 Å². The smallest absolute Gasteiger partial charge is 0.204 e. The fourth-order valence-corrected chi connectivity index (χ4v) is 4.21. The Morgan fingerprint density at radius 2 is 1.82 bits per heavy atom. The topological polar surface area (TPSA) is 55.4 Å². The molecular formula is C22H24O6. The minimum atomic E-state index is -0.336. The Morgan fingerprint density at radius 1 is 0.964 bits per heavy atom. The molecule has 3 heterocycles. The van der Waals surface area contributed by atoms with Crippen LogP contribution in [0.25, 0.3) is 0 Å². The van der Waals surface area contributed by atoms with Crippen LogP contribution in [0, 0.1) is 0 Å². The lowest BCUT2D eigenvalue weighted by atomic mass is 10.0. The first-order chi connectivity index (χ1) is 13.8. The van der Waals surface area contributed by atoms with Crippen LogP contribution in [0.3, 0.4) is 0 Å². The van der Waals surface area contributed by atoms with Crippen LogP contribution in [0.15, 0.2) is 18.2 Å². The highest BCUT2D eigenvalue weighted by Gasteiger charge is 2.37. The summed E-state index contributed by atoms with van der Waals surface area (Å²) in [6, 6.07) is 6.10. The predicted molar refractivity (Wildman–Crippen MR) is 102 cm³/mol. The number of methoxy groups -OCH3 is 1. The molecule has 0 N–H and O–H groups in total.